The SMILES string of the molecule is CCN(CC)S(=O)(=O)c1cccc(NC(=O)COC(=O)C(C)Oc2ccc(C)cc2)c1. The molecule has 0 aliphatic carbocycles. The summed E-state index contributed by atoms with van der Waals surface area (Å²) in [5.74, 6) is -0.757. The van der Waals surface area contributed by atoms with E-state index in [0.29, 0.717) is 24.5 Å². The summed E-state index contributed by atoms with van der Waals surface area (Å²) >= 11 is 0. The minimum Gasteiger partial charge on any atom is -0.479 e. The highest BCUT2D eigenvalue weighted by Gasteiger charge is 2.22. The maximum Gasteiger partial charge on any atom is 0.347 e. The summed E-state index contributed by atoms with van der Waals surface area (Å²) in [6.07, 6.45) is -0.891. The van der Waals surface area contributed by atoms with E-state index in [1.807, 2.05) is 19.1 Å². The number of anilines is 1. The molecule has 0 spiro atoms. The summed E-state index contributed by atoms with van der Waals surface area (Å²) in [6.45, 7) is 7.14. The topological polar surface area (TPSA) is 102 Å². The molecular weight excluding hydrogens is 420 g/mol. The third kappa shape index (κ3) is 6.80. The number of benzene rings is 2. The monoisotopic (exact) mass is 448 g/mol. The second-order valence-corrected chi connectivity index (χ2v) is 8.78. The molecule has 1 unspecified atom stereocenters. The molecule has 0 fully saturated rings. The van der Waals surface area contributed by atoms with Gasteiger partial charge in [0.2, 0.25) is 10.0 Å². The summed E-state index contributed by atoms with van der Waals surface area (Å²) < 4.78 is 37.1. The van der Waals surface area contributed by atoms with Crippen LogP contribution in [0.15, 0.2) is 53.4 Å². The maximum absolute atomic E-state index is 12.6. The average Bonchev–Trinajstić information content (AvgIpc) is 2.74. The molecular formula is C22H28N2O6S. The molecule has 0 radical (unpaired) electrons. The Morgan fingerprint density at radius 1 is 1.06 bits per heavy atom. The molecule has 1 N–H and O–H groups in total. The van der Waals surface area contributed by atoms with Crippen LogP contribution >= 0.6 is 0 Å². The molecule has 1 amide bonds. The molecule has 2 aromatic carbocycles. The Morgan fingerprint density at radius 2 is 1.71 bits per heavy atom. The standard InChI is InChI=1S/C22H28N2O6S/c1-5-24(6-2)31(27,28)20-9-7-8-18(14-20)23-21(25)15-29-22(26)17(4)30-19-12-10-16(3)11-13-19/h7-14,17H,5-6,15H2,1-4H3,(H,23,25). The highest BCUT2D eigenvalue weighted by Crippen LogP contribution is 2.19. The highest BCUT2D eigenvalue weighted by molar-refractivity contribution is 7.89. The van der Waals surface area contributed by atoms with Crippen LogP contribution in [0.25, 0.3) is 0 Å². The summed E-state index contributed by atoms with van der Waals surface area (Å²) in [6, 6.07) is 13.1. The quantitative estimate of drug-likeness (QED) is 0.561. The molecule has 168 valence electrons. The molecule has 0 heterocycles. The van der Waals surface area contributed by atoms with Crippen LogP contribution in [0.2, 0.25) is 0 Å². The van der Waals surface area contributed by atoms with Crippen molar-refractivity contribution in [3.63, 3.8) is 0 Å². The van der Waals surface area contributed by atoms with Gasteiger partial charge in [0.1, 0.15) is 5.75 Å². The van der Waals surface area contributed by atoms with Gasteiger partial charge in [-0.1, -0.05) is 37.6 Å². The number of aryl methyl sites for hydroxylation is 1. The van der Waals surface area contributed by atoms with Crippen molar-refractivity contribution in [3.8, 4) is 5.75 Å². The number of hydrogen-bond acceptors (Lipinski definition) is 6. The van der Waals surface area contributed by atoms with Crippen LogP contribution < -0.4 is 10.1 Å². The first-order chi connectivity index (χ1) is 14.7. The first-order valence-corrected chi connectivity index (χ1v) is 11.4. The molecule has 8 nitrogen and oxygen atoms in total. The number of esters is 1. The van der Waals surface area contributed by atoms with Gasteiger partial charge in [-0.05, 0) is 44.2 Å². The van der Waals surface area contributed by atoms with E-state index in [2.05, 4.69) is 5.32 Å². The molecule has 0 aromatic heterocycles. The number of carbonyl (C=O) groups is 2. The fraction of sp³-hybridized carbons (Fsp3) is 0.364. The van der Waals surface area contributed by atoms with Crippen molar-refractivity contribution in [1.29, 1.82) is 0 Å². The predicted octanol–water partition coefficient (Wildman–Crippen LogP) is 2.97. The van der Waals surface area contributed by atoms with Gasteiger partial charge < -0.3 is 14.8 Å². The maximum atomic E-state index is 12.6. The first kappa shape index (κ1) is 24.4. The molecule has 0 saturated heterocycles. The summed E-state index contributed by atoms with van der Waals surface area (Å²) in [4.78, 5) is 24.3. The first-order valence-electron chi connectivity index (χ1n) is 9.97. The summed E-state index contributed by atoms with van der Waals surface area (Å²) in [7, 11) is -3.65. The third-order valence-electron chi connectivity index (χ3n) is 4.47. The molecule has 0 aliphatic rings. The highest BCUT2D eigenvalue weighted by atomic mass is 32.2. The van der Waals surface area contributed by atoms with Gasteiger partial charge in [0.25, 0.3) is 5.91 Å². The minimum atomic E-state index is -3.65. The van der Waals surface area contributed by atoms with Gasteiger partial charge in [-0.15, -0.1) is 0 Å². The fourth-order valence-electron chi connectivity index (χ4n) is 2.77. The molecule has 31 heavy (non-hydrogen) atoms. The van der Waals surface area contributed by atoms with E-state index >= 15 is 0 Å². The number of hydrogen-bond donors (Lipinski definition) is 1. The van der Waals surface area contributed by atoms with Gasteiger partial charge in [0.15, 0.2) is 12.7 Å². The van der Waals surface area contributed by atoms with Crippen LogP contribution in [-0.2, 0) is 24.3 Å². The van der Waals surface area contributed by atoms with Crippen LogP contribution in [0, 0.1) is 6.92 Å². The van der Waals surface area contributed by atoms with E-state index in [1.54, 1.807) is 32.0 Å². The Morgan fingerprint density at radius 3 is 2.32 bits per heavy atom. The smallest absolute Gasteiger partial charge is 0.347 e. The zero-order valence-corrected chi connectivity index (χ0v) is 18.9. The molecule has 0 saturated carbocycles. The van der Waals surface area contributed by atoms with Crippen LogP contribution in [-0.4, -0.2) is 50.4 Å². The lowest BCUT2D eigenvalue weighted by Crippen LogP contribution is -2.31. The Bertz CT molecular complexity index is 1000. The Hall–Kier alpha value is -2.91. The lowest BCUT2D eigenvalue weighted by Gasteiger charge is -2.19. The van der Waals surface area contributed by atoms with Crippen molar-refractivity contribution < 1.29 is 27.5 Å². The largest absolute Gasteiger partial charge is 0.479 e. The number of ether oxygens (including phenoxy) is 2. The van der Waals surface area contributed by atoms with Crippen molar-refractivity contribution in [1.82, 2.24) is 4.31 Å². The normalized spacial score (nSPS) is 12.3. The third-order valence-corrected chi connectivity index (χ3v) is 6.52. The molecule has 2 rings (SSSR count). The predicted molar refractivity (Wildman–Crippen MR) is 117 cm³/mol. The van der Waals surface area contributed by atoms with Gasteiger partial charge in [-0.2, -0.15) is 4.31 Å². The van der Waals surface area contributed by atoms with Crippen molar-refractivity contribution in [3.05, 3.63) is 54.1 Å². The second kappa shape index (κ2) is 10.9. The van der Waals surface area contributed by atoms with Crippen molar-refractivity contribution >= 4 is 27.6 Å². The number of nitrogens with zero attached hydrogens (tertiary/aromatic N) is 1. The molecule has 0 aliphatic heterocycles. The molecule has 0 bridgehead atoms. The zero-order valence-electron chi connectivity index (χ0n) is 18.1. The zero-order chi connectivity index (χ0) is 23.0. The van der Waals surface area contributed by atoms with E-state index < -0.39 is 34.6 Å². The van der Waals surface area contributed by atoms with E-state index in [4.69, 9.17) is 9.47 Å². The number of rotatable bonds is 10. The number of amides is 1. The minimum absolute atomic E-state index is 0.0751. The van der Waals surface area contributed by atoms with E-state index in [9.17, 15) is 18.0 Å². The van der Waals surface area contributed by atoms with Gasteiger partial charge in [0.05, 0.1) is 4.90 Å². The van der Waals surface area contributed by atoms with E-state index in [0.717, 1.165) is 5.56 Å². The number of sulfonamides is 1. The fourth-order valence-corrected chi connectivity index (χ4v) is 4.27. The van der Waals surface area contributed by atoms with E-state index in [-0.39, 0.29) is 4.90 Å². The van der Waals surface area contributed by atoms with Crippen LogP contribution in [0.1, 0.15) is 26.3 Å². The molecule has 2 aromatic rings. The van der Waals surface area contributed by atoms with Crippen LogP contribution in [0.4, 0.5) is 5.69 Å². The van der Waals surface area contributed by atoms with Crippen LogP contribution in [0.3, 0.4) is 0 Å². The number of carbonyl (C=O) groups excluding carboxylic acids is 2. The molecule has 9 heteroatoms. The van der Waals surface area contributed by atoms with Gasteiger partial charge in [-0.25, -0.2) is 13.2 Å². The van der Waals surface area contributed by atoms with Gasteiger partial charge >= 0.3 is 5.97 Å². The van der Waals surface area contributed by atoms with Gasteiger partial charge in [-0.3, -0.25) is 4.79 Å². The second-order valence-electron chi connectivity index (χ2n) is 6.85. The van der Waals surface area contributed by atoms with E-state index in [1.165, 1.54) is 29.4 Å². The lowest BCUT2D eigenvalue weighted by molar-refractivity contribution is -0.153. The van der Waals surface area contributed by atoms with Crippen LogP contribution in [0.5, 0.6) is 5.75 Å². The Labute approximate surface area is 183 Å². The Balaban J connectivity index is 1.92. The average molecular weight is 449 g/mol. The van der Waals surface area contributed by atoms with Crippen molar-refractivity contribution in [2.75, 3.05) is 25.0 Å². The van der Waals surface area contributed by atoms with Crippen molar-refractivity contribution in [2.24, 2.45) is 0 Å². The van der Waals surface area contributed by atoms with Gasteiger partial charge in [0, 0.05) is 18.8 Å². The summed E-state index contributed by atoms with van der Waals surface area (Å²) in [5, 5.41) is 2.54. The van der Waals surface area contributed by atoms with Crippen molar-refractivity contribution in [2.45, 2.75) is 38.7 Å². The Kier molecular flexibility index (Phi) is 8.58. The number of nitrogens with one attached hydrogen (secondary N) is 1. The summed E-state index contributed by atoms with van der Waals surface area (Å²) in [5.41, 5.74) is 1.35. The lowest BCUT2D eigenvalue weighted by atomic mass is 10.2. The molecule has 1 atom stereocenters.